The number of β-amino-alcohol motifs (C(OH)–C–C–N with tert-alkyl or cyclic N) is 1. The molecule has 0 saturated carbocycles. The number of benzene rings is 1. The average Bonchev–Trinajstić information content (AvgIpc) is 3.10. The number of aliphatic hydroxyl groups excluding tert-OH is 1. The van der Waals surface area contributed by atoms with Gasteiger partial charge in [-0.1, -0.05) is 36.4 Å². The molecule has 2 aliphatic rings. The van der Waals surface area contributed by atoms with Crippen LogP contribution in [0, 0.1) is 0 Å². The highest BCUT2D eigenvalue weighted by molar-refractivity contribution is 5.66. The molecule has 23 heavy (non-hydrogen) atoms. The Hall–Kier alpha value is -1.20. The summed E-state index contributed by atoms with van der Waals surface area (Å²) in [5.41, 5.74) is 2.72. The second-order valence-electron chi connectivity index (χ2n) is 6.43. The van der Waals surface area contributed by atoms with Gasteiger partial charge in [-0.05, 0) is 30.4 Å². The van der Waals surface area contributed by atoms with Crippen molar-refractivity contribution in [1.29, 1.82) is 0 Å². The van der Waals surface area contributed by atoms with Crippen LogP contribution in [0.4, 0.5) is 0 Å². The first-order valence-electron chi connectivity index (χ1n) is 8.65. The van der Waals surface area contributed by atoms with Crippen LogP contribution in [0.5, 0.6) is 0 Å². The highest BCUT2D eigenvalue weighted by atomic mass is 16.5. The van der Waals surface area contributed by atoms with Gasteiger partial charge >= 0.3 is 0 Å². The largest absolute Gasteiger partial charge is 0.389 e. The number of hydrogen-bond donors (Lipinski definition) is 1. The predicted octanol–water partition coefficient (Wildman–Crippen LogP) is 2.33. The van der Waals surface area contributed by atoms with Crippen molar-refractivity contribution in [3.05, 3.63) is 42.0 Å². The molecule has 1 aromatic rings. The molecule has 0 bridgehead atoms. The third-order valence-electron chi connectivity index (χ3n) is 4.54. The number of rotatable bonds is 7. The maximum Gasteiger partial charge on any atom is 0.0900 e. The smallest absolute Gasteiger partial charge is 0.0900 e. The lowest BCUT2D eigenvalue weighted by molar-refractivity contribution is -0.0244. The molecule has 0 amide bonds. The van der Waals surface area contributed by atoms with Crippen LogP contribution >= 0.6 is 0 Å². The number of nitrogens with zero attached hydrogens (tertiary/aromatic N) is 1. The van der Waals surface area contributed by atoms with Crippen LogP contribution in [-0.2, 0) is 9.47 Å². The Labute approximate surface area is 138 Å². The SMILES string of the molecule is O[C@@H](COC[C@@H]1CCCO1)CN1CC=C(c2ccccc2)CC1. The van der Waals surface area contributed by atoms with Crippen LogP contribution in [-0.4, -0.2) is 61.7 Å². The Morgan fingerprint density at radius 2 is 2.17 bits per heavy atom. The molecule has 2 atom stereocenters. The molecule has 4 nitrogen and oxygen atoms in total. The zero-order valence-electron chi connectivity index (χ0n) is 13.7. The summed E-state index contributed by atoms with van der Waals surface area (Å²) in [4.78, 5) is 2.28. The third-order valence-corrected chi connectivity index (χ3v) is 4.54. The topological polar surface area (TPSA) is 41.9 Å². The van der Waals surface area contributed by atoms with Gasteiger partial charge in [-0.3, -0.25) is 4.90 Å². The second-order valence-corrected chi connectivity index (χ2v) is 6.43. The lowest BCUT2D eigenvalue weighted by atomic mass is 9.99. The van der Waals surface area contributed by atoms with Gasteiger partial charge in [0, 0.05) is 26.2 Å². The molecule has 3 rings (SSSR count). The van der Waals surface area contributed by atoms with E-state index in [-0.39, 0.29) is 6.10 Å². The summed E-state index contributed by atoms with van der Waals surface area (Å²) in [5.74, 6) is 0. The van der Waals surface area contributed by atoms with Crippen molar-refractivity contribution in [2.45, 2.75) is 31.5 Å². The van der Waals surface area contributed by atoms with Crippen molar-refractivity contribution in [2.75, 3.05) is 39.5 Å². The molecule has 0 aromatic heterocycles. The van der Waals surface area contributed by atoms with E-state index >= 15 is 0 Å². The maximum atomic E-state index is 10.1. The van der Waals surface area contributed by atoms with Crippen molar-refractivity contribution in [2.24, 2.45) is 0 Å². The molecule has 1 saturated heterocycles. The molecule has 126 valence electrons. The Balaban J connectivity index is 1.37. The van der Waals surface area contributed by atoms with Crippen LogP contribution in [0.25, 0.3) is 5.57 Å². The molecule has 1 fully saturated rings. The van der Waals surface area contributed by atoms with Gasteiger partial charge in [-0.15, -0.1) is 0 Å². The Kier molecular flexibility index (Phi) is 6.22. The van der Waals surface area contributed by atoms with Gasteiger partial charge in [0.2, 0.25) is 0 Å². The predicted molar refractivity (Wildman–Crippen MR) is 91.3 cm³/mol. The Morgan fingerprint density at radius 3 is 2.87 bits per heavy atom. The van der Waals surface area contributed by atoms with Crippen molar-refractivity contribution in [1.82, 2.24) is 4.90 Å². The van der Waals surface area contributed by atoms with Gasteiger partial charge < -0.3 is 14.6 Å². The van der Waals surface area contributed by atoms with Crippen LogP contribution in [0.1, 0.15) is 24.8 Å². The van der Waals surface area contributed by atoms with Crippen molar-refractivity contribution < 1.29 is 14.6 Å². The first-order valence-corrected chi connectivity index (χ1v) is 8.65. The fourth-order valence-electron chi connectivity index (χ4n) is 3.25. The lowest BCUT2D eigenvalue weighted by Gasteiger charge is -2.28. The zero-order chi connectivity index (χ0) is 15.9. The van der Waals surface area contributed by atoms with Crippen molar-refractivity contribution in [3.63, 3.8) is 0 Å². The molecule has 0 spiro atoms. The summed E-state index contributed by atoms with van der Waals surface area (Å²) in [6.45, 7) is 4.40. The maximum absolute atomic E-state index is 10.1. The van der Waals surface area contributed by atoms with E-state index in [1.165, 1.54) is 11.1 Å². The minimum absolute atomic E-state index is 0.230. The molecular formula is C19H27NO3. The second kappa shape index (κ2) is 8.60. The quantitative estimate of drug-likeness (QED) is 0.838. The number of aliphatic hydroxyl groups is 1. The van der Waals surface area contributed by atoms with Crippen LogP contribution in [0.15, 0.2) is 36.4 Å². The number of hydrogen-bond acceptors (Lipinski definition) is 4. The standard InChI is InChI=1S/C19H27NO3/c21-18(14-22-15-19-7-4-12-23-19)13-20-10-8-17(9-11-20)16-5-2-1-3-6-16/h1-3,5-6,8,18-19,21H,4,7,9-15H2/t18-,19+/m1/s1. The molecule has 2 heterocycles. The number of ether oxygens (including phenoxy) is 2. The van der Waals surface area contributed by atoms with E-state index in [4.69, 9.17) is 9.47 Å². The highest BCUT2D eigenvalue weighted by Crippen LogP contribution is 2.22. The molecule has 0 radical (unpaired) electrons. The molecule has 1 N–H and O–H groups in total. The molecule has 4 heteroatoms. The molecule has 0 aliphatic carbocycles. The summed E-state index contributed by atoms with van der Waals surface area (Å²) < 4.78 is 11.1. The minimum Gasteiger partial charge on any atom is -0.389 e. The van der Waals surface area contributed by atoms with E-state index in [1.54, 1.807) is 0 Å². The van der Waals surface area contributed by atoms with Gasteiger partial charge in [0.25, 0.3) is 0 Å². The summed E-state index contributed by atoms with van der Waals surface area (Å²) in [6.07, 6.45) is 5.32. The summed E-state index contributed by atoms with van der Waals surface area (Å²) in [7, 11) is 0. The lowest BCUT2D eigenvalue weighted by Crippen LogP contribution is -2.37. The van der Waals surface area contributed by atoms with Crippen LogP contribution in [0.3, 0.4) is 0 Å². The van der Waals surface area contributed by atoms with E-state index in [9.17, 15) is 5.11 Å². The fraction of sp³-hybridized carbons (Fsp3) is 0.579. The van der Waals surface area contributed by atoms with Crippen LogP contribution < -0.4 is 0 Å². The first kappa shape index (κ1) is 16.7. The van der Waals surface area contributed by atoms with Gasteiger partial charge in [-0.2, -0.15) is 0 Å². The zero-order valence-corrected chi connectivity index (χ0v) is 13.7. The van der Waals surface area contributed by atoms with Gasteiger partial charge in [0.1, 0.15) is 0 Å². The third kappa shape index (κ3) is 5.15. The molecule has 1 aromatic carbocycles. The van der Waals surface area contributed by atoms with Crippen molar-refractivity contribution >= 4 is 5.57 Å². The van der Waals surface area contributed by atoms with Gasteiger partial charge in [0.15, 0.2) is 0 Å². The fourth-order valence-corrected chi connectivity index (χ4v) is 3.25. The average molecular weight is 317 g/mol. The Bertz CT molecular complexity index is 497. The van der Waals surface area contributed by atoms with E-state index in [2.05, 4.69) is 35.2 Å². The van der Waals surface area contributed by atoms with E-state index in [0.717, 1.165) is 39.0 Å². The molecular weight excluding hydrogens is 290 g/mol. The monoisotopic (exact) mass is 317 g/mol. The van der Waals surface area contributed by atoms with Gasteiger partial charge in [0.05, 0.1) is 25.4 Å². The van der Waals surface area contributed by atoms with E-state index < -0.39 is 6.10 Å². The van der Waals surface area contributed by atoms with E-state index in [0.29, 0.717) is 19.8 Å². The minimum atomic E-state index is -0.428. The first-order chi connectivity index (χ1) is 11.3. The molecule has 0 unspecified atom stereocenters. The Morgan fingerprint density at radius 1 is 1.30 bits per heavy atom. The normalized spacial score (nSPS) is 23.7. The van der Waals surface area contributed by atoms with Crippen LogP contribution in [0.2, 0.25) is 0 Å². The summed E-state index contributed by atoms with van der Waals surface area (Å²) in [5, 5.41) is 10.1. The van der Waals surface area contributed by atoms with Gasteiger partial charge in [-0.25, -0.2) is 0 Å². The van der Waals surface area contributed by atoms with E-state index in [1.807, 2.05) is 6.07 Å². The summed E-state index contributed by atoms with van der Waals surface area (Å²) in [6, 6.07) is 10.5. The van der Waals surface area contributed by atoms with Crippen molar-refractivity contribution in [3.8, 4) is 0 Å². The highest BCUT2D eigenvalue weighted by Gasteiger charge is 2.18. The summed E-state index contributed by atoms with van der Waals surface area (Å²) >= 11 is 0. The molecule has 2 aliphatic heterocycles.